The first-order chi connectivity index (χ1) is 64.6. The van der Waals surface area contributed by atoms with Crippen LogP contribution in [0.5, 0.6) is 0 Å². The van der Waals surface area contributed by atoms with Crippen molar-refractivity contribution in [3.05, 3.63) is 150 Å². The summed E-state index contributed by atoms with van der Waals surface area (Å²) >= 11 is 0. The minimum absolute atomic E-state index is 0.00694. The van der Waals surface area contributed by atoms with Crippen LogP contribution in [0.25, 0.3) is 0 Å². The molecule has 9 heterocycles. The lowest BCUT2D eigenvalue weighted by Gasteiger charge is -2.38. The fourth-order valence-electron chi connectivity index (χ4n) is 12.1. The highest BCUT2D eigenvalue weighted by Crippen LogP contribution is 2.44. The van der Waals surface area contributed by atoms with Crippen molar-refractivity contribution in [3.63, 3.8) is 0 Å². The number of nitrogens with zero attached hydrogens (tertiary/aromatic N) is 10. The van der Waals surface area contributed by atoms with Crippen LogP contribution in [-0.2, 0) is 51.6 Å². The monoisotopic (exact) mass is 1960 g/mol. The molecule has 2 amide bonds. The molecule has 4 saturated heterocycles. The molecule has 0 bridgehead atoms. The summed E-state index contributed by atoms with van der Waals surface area (Å²) in [4.78, 5) is 42.0. The quantitative estimate of drug-likeness (QED) is 0.152. The first kappa shape index (κ1) is 158. The summed E-state index contributed by atoms with van der Waals surface area (Å²) in [6, 6.07) is 24.5. The second-order valence-corrected chi connectivity index (χ2v) is 44.3. The zero-order valence-corrected chi connectivity index (χ0v) is 105. The standard InChI is InChI=1S/C10H19NO.C10H14.C9H17NO.2C9H13N.C8H12N2.C8H17NO.C8H16O.C8H16.C7H12N2.C7H14.C6H10N2O.12C2H6/c1-10(2,3)9(12)11-7-5-4-6-8-11;1-10(2,3)9-7-5-4-6-8-9;1-9(2,3)8(11)10-6-4-5-7-10;1-9(2,3)8-5-4-6-10-7-8;1-9(2,3)8-6-4-5-7-10-8;1-8(2,3)7-5-4-6-9-10-7;1-8(2,3)9-4-6-10-7-5-9;1-8(2,3)7-5-4-6-9-7;1-8(2,3)7-5-4-6-7;1-7(2,3)6-4-8-9-5-6;1-7(2,3)6-4-5-6;1-6(2,3)5-7-4-9-8-5;12*1-2/h4-8H2,1-3H3;4-8H,1-3H3;4-7H2,1-3H3;2*4-7H,1-3H3;4-6H,1-3H3;4-7H2,1-3H3;7H,4-6H2,1-3H3;7H,4-6H2,1-3H3;4-5H,1-3H3,(H,8,9);6H,4-5H2,1-3H3;4H,1-3H3;12*1-2H3. The molecule has 1 unspecified atom stereocenters. The number of aromatic amines is 1. The average Bonchev–Trinajstić information content (AvgIpc) is 1.80. The van der Waals surface area contributed by atoms with Gasteiger partial charge in [-0.1, -0.05) is 449 Å². The van der Waals surface area contributed by atoms with Gasteiger partial charge >= 0.3 is 0 Å². The molecule has 1 atom stereocenters. The van der Waals surface area contributed by atoms with Crippen LogP contribution in [0.4, 0.5) is 0 Å². The van der Waals surface area contributed by atoms with Gasteiger partial charge in [-0.2, -0.15) is 20.3 Å². The highest BCUT2D eigenvalue weighted by Gasteiger charge is 2.35. The van der Waals surface area contributed by atoms with Gasteiger partial charge in [0.25, 0.3) is 0 Å². The van der Waals surface area contributed by atoms with E-state index in [1.54, 1.807) is 12.4 Å². The molecule has 1 aromatic carbocycles. The lowest BCUT2D eigenvalue weighted by molar-refractivity contribution is -0.140. The van der Waals surface area contributed by atoms with Gasteiger partial charge in [0.2, 0.25) is 18.2 Å². The molecule has 0 spiro atoms. The summed E-state index contributed by atoms with van der Waals surface area (Å²) in [6.07, 6.45) is 28.8. The molecule has 2 aliphatic carbocycles. The number of likely N-dealkylation sites (tertiary alicyclic amines) is 2. The van der Waals surface area contributed by atoms with E-state index in [2.05, 4.69) is 279 Å². The highest BCUT2D eigenvalue weighted by molar-refractivity contribution is 5.82. The number of rotatable bonds is 0. The summed E-state index contributed by atoms with van der Waals surface area (Å²) in [5, 5.41) is 18.2. The minimum atomic E-state index is -0.197. The number of carbonyl (C=O) groups is 2. The topological polar surface area (TPSA) is 181 Å². The zero-order chi connectivity index (χ0) is 112. The number of carbonyl (C=O) groups excluding carboxylic acids is 2. The summed E-state index contributed by atoms with van der Waals surface area (Å²) in [6.45, 7) is 135. The molecule has 16 nitrogen and oxygen atoms in total. The van der Waals surface area contributed by atoms with Gasteiger partial charge < -0.3 is 23.8 Å². The van der Waals surface area contributed by atoms with E-state index in [4.69, 9.17) is 9.47 Å². The number of morpholine rings is 1. The van der Waals surface area contributed by atoms with Gasteiger partial charge in [-0.15, -0.1) is 0 Å². The Morgan fingerprint density at radius 3 is 0.914 bits per heavy atom. The molecule has 1 N–H and O–H groups in total. The van der Waals surface area contributed by atoms with E-state index in [1.807, 2.05) is 293 Å². The Labute approximate surface area is 870 Å². The van der Waals surface area contributed by atoms with Crippen molar-refractivity contribution in [2.45, 2.75) is 537 Å². The number of benzene rings is 1. The summed E-state index contributed by atoms with van der Waals surface area (Å²) in [5.74, 6) is 3.44. The summed E-state index contributed by atoms with van der Waals surface area (Å²) in [7, 11) is 0. The van der Waals surface area contributed by atoms with Gasteiger partial charge in [-0.05, 0) is 183 Å². The van der Waals surface area contributed by atoms with Gasteiger partial charge in [0, 0.05) is 115 Å². The lowest BCUT2D eigenvalue weighted by atomic mass is 9.69. The van der Waals surface area contributed by atoms with Gasteiger partial charge in [0.1, 0.15) is 0 Å². The maximum atomic E-state index is 11.7. The first-order valence-electron chi connectivity index (χ1n) is 55.5. The average molecular weight is 1960 g/mol. The van der Waals surface area contributed by atoms with Crippen LogP contribution in [0.1, 0.15) is 526 Å². The molecule has 822 valence electrons. The first-order valence-corrected chi connectivity index (χ1v) is 55.5. The number of nitrogens with one attached hydrogen (secondary N) is 1. The number of pyridine rings is 2. The van der Waals surface area contributed by atoms with E-state index in [1.165, 1.54) is 100 Å². The van der Waals surface area contributed by atoms with Crippen molar-refractivity contribution in [2.24, 2.45) is 38.9 Å². The van der Waals surface area contributed by atoms with Crippen LogP contribution in [0.3, 0.4) is 0 Å². The predicted molar refractivity (Wildman–Crippen MR) is 623 cm³/mol. The van der Waals surface area contributed by atoms with Crippen molar-refractivity contribution < 1.29 is 23.6 Å². The van der Waals surface area contributed by atoms with Crippen molar-refractivity contribution in [3.8, 4) is 0 Å². The van der Waals surface area contributed by atoms with Crippen molar-refractivity contribution in [2.75, 3.05) is 59.1 Å². The Hall–Kier alpha value is -6.23. The molecule has 6 fully saturated rings. The maximum Gasteiger partial charge on any atom is 0.227 e. The number of ether oxygens (including phenoxy) is 2. The van der Waals surface area contributed by atoms with Gasteiger partial charge in [-0.25, -0.2) is 0 Å². The normalized spacial score (nSPS) is 14.5. The molecule has 12 rings (SSSR count). The summed E-state index contributed by atoms with van der Waals surface area (Å²) < 4.78 is 15.4. The van der Waals surface area contributed by atoms with Crippen LogP contribution in [0.2, 0.25) is 0 Å². The number of aromatic nitrogens is 8. The third-order valence-electron chi connectivity index (χ3n) is 20.6. The smallest absolute Gasteiger partial charge is 0.227 e. The largest absolute Gasteiger partial charge is 0.379 e. The number of hydrogen-bond acceptors (Lipinski definition) is 13. The van der Waals surface area contributed by atoms with E-state index in [0.29, 0.717) is 45.1 Å². The Bertz CT molecular complexity index is 3170. The van der Waals surface area contributed by atoms with E-state index in [9.17, 15) is 9.59 Å². The van der Waals surface area contributed by atoms with Crippen LogP contribution in [-0.4, -0.2) is 138 Å². The second kappa shape index (κ2) is 89.4. The van der Waals surface area contributed by atoms with Crippen molar-refractivity contribution in [1.82, 2.24) is 55.2 Å². The highest BCUT2D eigenvalue weighted by atomic mass is 16.5. The Morgan fingerprint density at radius 1 is 0.338 bits per heavy atom. The fourth-order valence-corrected chi connectivity index (χ4v) is 12.1. The van der Waals surface area contributed by atoms with E-state index in [0.717, 1.165) is 88.1 Å². The third kappa shape index (κ3) is 88.0. The molecule has 6 aromatic rings. The number of hydrogen-bond donors (Lipinski definition) is 1. The lowest BCUT2D eigenvalue weighted by Crippen LogP contribution is -2.47. The fraction of sp³-hybridized carbons (Fsp3) is 0.780. The molecule has 0 radical (unpaired) electrons. The Morgan fingerprint density at radius 2 is 0.719 bits per heavy atom. The Kier molecular flexibility index (Phi) is 102. The van der Waals surface area contributed by atoms with Gasteiger partial charge in [0.05, 0.1) is 31.2 Å². The molecular weight excluding hydrogens is 1710 g/mol. The van der Waals surface area contributed by atoms with Crippen molar-refractivity contribution >= 4 is 11.8 Å². The van der Waals surface area contributed by atoms with Crippen LogP contribution < -0.4 is 0 Å². The molecule has 4 aliphatic heterocycles. The van der Waals surface area contributed by atoms with Crippen LogP contribution >= 0.6 is 0 Å². The molecule has 16 heteroatoms. The van der Waals surface area contributed by atoms with E-state index < -0.39 is 0 Å². The second-order valence-electron chi connectivity index (χ2n) is 44.3. The zero-order valence-electron chi connectivity index (χ0n) is 105. The molecule has 5 aromatic heterocycles. The molecule has 6 aliphatic rings. The van der Waals surface area contributed by atoms with Gasteiger partial charge in [-0.3, -0.25) is 29.6 Å². The molecular formula is C123H245N11O5. The number of H-pyrrole nitrogens is 1. The van der Waals surface area contributed by atoms with E-state index >= 15 is 0 Å². The SMILES string of the molecule is CC.CC.CC.CC.CC.CC.CC.CC.CC.CC.CC.CC.CC(C)(C)C(=O)N1CCCC1.CC(C)(C)C(=O)N1CCCCC1.CC(C)(C)C1CC1.CC(C)(C)C1CCC1.CC(C)(C)C1CCCO1.CC(C)(C)N1CCOCC1.CC(C)(C)c1ccccc1.CC(C)(C)c1ccccn1.CC(C)(C)c1cccnc1.CC(C)(C)c1cccnn1.CC(C)(C)c1cn[nH]c1.CC(C)(C)c1ncon1. The Balaban J connectivity index is -0.000000124. The summed E-state index contributed by atoms with van der Waals surface area (Å²) in [5.41, 5.74) is 8.68. The molecule has 139 heavy (non-hydrogen) atoms. The number of amides is 2. The maximum absolute atomic E-state index is 11.7. The van der Waals surface area contributed by atoms with Crippen LogP contribution in [0.15, 0.2) is 121 Å². The van der Waals surface area contributed by atoms with Gasteiger partial charge in [0.15, 0.2) is 5.82 Å². The predicted octanol–water partition coefficient (Wildman–Crippen LogP) is 37.2. The minimum Gasteiger partial charge on any atom is -0.379 e. The van der Waals surface area contributed by atoms with E-state index in [-0.39, 0.29) is 37.9 Å². The third-order valence-corrected chi connectivity index (χ3v) is 20.6. The molecule has 2 saturated carbocycles. The number of piperidine rings is 1. The van der Waals surface area contributed by atoms with Crippen molar-refractivity contribution in [1.29, 1.82) is 0 Å². The van der Waals surface area contributed by atoms with Crippen LogP contribution in [0, 0.1) is 38.9 Å².